The van der Waals surface area contributed by atoms with Crippen molar-refractivity contribution in [1.82, 2.24) is 4.90 Å². The highest BCUT2D eigenvalue weighted by atomic mass is 32.3. The second kappa shape index (κ2) is 8.76. The number of nitrogens with one attached hydrogen (secondary N) is 1. The molecule has 0 aromatic heterocycles. The van der Waals surface area contributed by atoms with Gasteiger partial charge < -0.3 is 10.2 Å². The molecule has 0 saturated carbocycles. The molecule has 0 unspecified atom stereocenters. The highest BCUT2D eigenvalue weighted by Crippen LogP contribution is 2.21. The van der Waals surface area contributed by atoms with Gasteiger partial charge in [0.2, 0.25) is 0 Å². The fraction of sp³-hybridized carbons (Fsp3) is 0.467. The molecule has 2 rings (SSSR count). The van der Waals surface area contributed by atoms with Crippen molar-refractivity contribution in [2.24, 2.45) is 4.99 Å². The molecule has 3 N–H and O–H groups in total. The summed E-state index contributed by atoms with van der Waals surface area (Å²) in [7, 11) is -2.69. The first-order chi connectivity index (χ1) is 11.1. The number of rotatable bonds is 2. The van der Waals surface area contributed by atoms with Gasteiger partial charge in [0.25, 0.3) is 0 Å². The van der Waals surface area contributed by atoms with Crippen LogP contribution in [0.3, 0.4) is 0 Å². The Morgan fingerprint density at radius 2 is 2.00 bits per heavy atom. The Labute approximate surface area is 142 Å². The maximum Gasteiger partial charge on any atom is 0.394 e. The topological polar surface area (TPSA) is 119 Å². The number of aliphatic imine (C=N–C) groups is 1. The van der Waals surface area contributed by atoms with Gasteiger partial charge in [0, 0.05) is 25.7 Å². The van der Waals surface area contributed by atoms with E-state index in [1.165, 1.54) is 0 Å². The van der Waals surface area contributed by atoms with Crippen LogP contribution in [-0.4, -0.2) is 47.9 Å². The lowest BCUT2D eigenvalue weighted by Gasteiger charge is -2.13. The van der Waals surface area contributed by atoms with Gasteiger partial charge in [-0.05, 0) is 30.9 Å². The van der Waals surface area contributed by atoms with E-state index >= 15 is 0 Å². The summed E-state index contributed by atoms with van der Waals surface area (Å²) in [5, 5.41) is 2.92. The Bertz CT molecular complexity index is 708. The second-order valence-corrected chi connectivity index (χ2v) is 6.29. The molecule has 1 heterocycles. The number of nitrogens with zero attached hydrogens (tertiary/aromatic N) is 2. The third-order valence-corrected chi connectivity index (χ3v) is 3.54. The summed E-state index contributed by atoms with van der Waals surface area (Å²) >= 11 is 0. The Hall–Kier alpha value is -1.97. The van der Waals surface area contributed by atoms with Gasteiger partial charge in [0.05, 0.1) is 0 Å². The van der Waals surface area contributed by atoms with E-state index in [1.54, 1.807) is 0 Å². The first-order valence-electron chi connectivity index (χ1n) is 7.50. The average Bonchev–Trinajstić information content (AvgIpc) is 2.84. The number of benzene rings is 1. The number of hydrogen-bond acceptors (Lipinski definition) is 3. The maximum absolute atomic E-state index is 12.0. The largest absolute Gasteiger partial charge is 0.394 e. The standard InChI is InChI=1S/C15H21N3O.H2O4S/c1-4-12-8-5-7-11(2)14(12)17-15(19)16-13-9-6-10-18(13)3;1-5(2,3)4/h5,7-8H,4,6,9-10H2,1-3H3,(H,17,19);(H2,1,2,3,4)/b16-13-;. The molecule has 134 valence electrons. The Morgan fingerprint density at radius 3 is 2.50 bits per heavy atom. The summed E-state index contributed by atoms with van der Waals surface area (Å²) in [6.07, 6.45) is 2.86. The molecule has 1 aromatic rings. The summed E-state index contributed by atoms with van der Waals surface area (Å²) in [5.74, 6) is 0.879. The van der Waals surface area contributed by atoms with Gasteiger partial charge in [0.15, 0.2) is 0 Å². The minimum absolute atomic E-state index is 0.271. The molecule has 1 fully saturated rings. The van der Waals surface area contributed by atoms with Crippen LogP contribution in [0.2, 0.25) is 0 Å². The highest BCUT2D eigenvalue weighted by molar-refractivity contribution is 7.79. The molecular formula is C15H23N3O5S. The van der Waals surface area contributed by atoms with Crippen molar-refractivity contribution in [3.05, 3.63) is 29.3 Å². The SMILES string of the molecule is CCc1cccc(C)c1NC(=O)/N=C1/CCCN1C.O=S(=O)(O)O. The molecule has 1 saturated heterocycles. The number of amides is 2. The van der Waals surface area contributed by atoms with Gasteiger partial charge in [0.1, 0.15) is 5.84 Å². The van der Waals surface area contributed by atoms with Gasteiger partial charge in [-0.15, -0.1) is 0 Å². The Morgan fingerprint density at radius 1 is 1.38 bits per heavy atom. The molecule has 0 aliphatic carbocycles. The van der Waals surface area contributed by atoms with E-state index in [-0.39, 0.29) is 6.03 Å². The predicted molar refractivity (Wildman–Crippen MR) is 93.1 cm³/mol. The van der Waals surface area contributed by atoms with Gasteiger partial charge in [-0.2, -0.15) is 13.4 Å². The molecule has 0 spiro atoms. The van der Waals surface area contributed by atoms with Crippen molar-refractivity contribution in [2.75, 3.05) is 18.9 Å². The van der Waals surface area contributed by atoms with Crippen LogP contribution in [0.4, 0.5) is 10.5 Å². The van der Waals surface area contributed by atoms with Crippen LogP contribution in [0.1, 0.15) is 30.9 Å². The summed E-state index contributed by atoms with van der Waals surface area (Å²) in [6.45, 7) is 5.07. The molecule has 24 heavy (non-hydrogen) atoms. The van der Waals surface area contributed by atoms with E-state index in [9.17, 15) is 4.79 Å². The van der Waals surface area contributed by atoms with Crippen LogP contribution in [0.15, 0.2) is 23.2 Å². The molecule has 2 amide bonds. The highest BCUT2D eigenvalue weighted by Gasteiger charge is 2.16. The van der Waals surface area contributed by atoms with Crippen molar-refractivity contribution in [2.45, 2.75) is 33.1 Å². The van der Waals surface area contributed by atoms with Crippen molar-refractivity contribution in [1.29, 1.82) is 0 Å². The Balaban J connectivity index is 0.000000505. The minimum Gasteiger partial charge on any atom is -0.363 e. The number of likely N-dealkylation sites (tertiary alicyclic amines) is 1. The molecule has 1 aliphatic heterocycles. The van der Waals surface area contributed by atoms with Gasteiger partial charge >= 0.3 is 16.4 Å². The number of urea groups is 1. The predicted octanol–water partition coefficient (Wildman–Crippen LogP) is 2.56. The summed E-state index contributed by atoms with van der Waals surface area (Å²) < 4.78 is 31.6. The van der Waals surface area contributed by atoms with Crippen LogP contribution in [0, 0.1) is 6.92 Å². The lowest BCUT2D eigenvalue weighted by molar-refractivity contribution is 0.259. The maximum atomic E-state index is 12.0. The zero-order chi connectivity index (χ0) is 18.3. The zero-order valence-corrected chi connectivity index (χ0v) is 14.8. The Kier molecular flexibility index (Phi) is 7.33. The molecule has 0 atom stereocenters. The van der Waals surface area contributed by atoms with Crippen LogP contribution in [0.25, 0.3) is 0 Å². The number of amidine groups is 1. The smallest absolute Gasteiger partial charge is 0.363 e. The second-order valence-electron chi connectivity index (χ2n) is 5.39. The molecule has 9 heteroatoms. The van der Waals surface area contributed by atoms with E-state index in [2.05, 4.69) is 17.2 Å². The first kappa shape index (κ1) is 20.1. The van der Waals surface area contributed by atoms with E-state index in [4.69, 9.17) is 17.5 Å². The van der Waals surface area contributed by atoms with E-state index in [0.717, 1.165) is 48.5 Å². The number of para-hydroxylation sites is 1. The quantitative estimate of drug-likeness (QED) is 0.700. The fourth-order valence-electron chi connectivity index (χ4n) is 2.39. The van der Waals surface area contributed by atoms with E-state index < -0.39 is 10.4 Å². The first-order valence-corrected chi connectivity index (χ1v) is 8.89. The normalized spacial score (nSPS) is 15.9. The van der Waals surface area contributed by atoms with Crippen molar-refractivity contribution < 1.29 is 22.3 Å². The molecule has 0 bridgehead atoms. The van der Waals surface area contributed by atoms with Crippen molar-refractivity contribution in [3.8, 4) is 0 Å². The lowest BCUT2D eigenvalue weighted by Crippen LogP contribution is -2.22. The number of anilines is 1. The fourth-order valence-corrected chi connectivity index (χ4v) is 2.39. The monoisotopic (exact) mass is 357 g/mol. The van der Waals surface area contributed by atoms with E-state index in [0.29, 0.717) is 0 Å². The van der Waals surface area contributed by atoms with Gasteiger partial charge in [-0.1, -0.05) is 25.1 Å². The molecule has 1 aliphatic rings. The number of hydrogen-bond donors (Lipinski definition) is 3. The average molecular weight is 357 g/mol. The van der Waals surface area contributed by atoms with Crippen LogP contribution < -0.4 is 5.32 Å². The molecular weight excluding hydrogens is 334 g/mol. The zero-order valence-electron chi connectivity index (χ0n) is 14.0. The number of aryl methyl sites for hydroxylation is 2. The summed E-state index contributed by atoms with van der Waals surface area (Å²) in [5.41, 5.74) is 3.13. The molecule has 1 aromatic carbocycles. The molecule has 8 nitrogen and oxygen atoms in total. The van der Waals surface area contributed by atoms with Crippen LogP contribution in [-0.2, 0) is 16.8 Å². The third kappa shape index (κ3) is 7.07. The summed E-state index contributed by atoms with van der Waals surface area (Å²) in [6, 6.07) is 5.79. The van der Waals surface area contributed by atoms with E-state index in [1.807, 2.05) is 37.1 Å². The van der Waals surface area contributed by atoms with Crippen LogP contribution >= 0.6 is 0 Å². The van der Waals surface area contributed by atoms with Crippen LogP contribution in [0.5, 0.6) is 0 Å². The number of carbonyl (C=O) groups is 1. The minimum atomic E-state index is -4.67. The molecule has 0 radical (unpaired) electrons. The summed E-state index contributed by atoms with van der Waals surface area (Å²) in [4.78, 5) is 18.2. The van der Waals surface area contributed by atoms with Gasteiger partial charge in [-0.25, -0.2) is 4.79 Å². The third-order valence-electron chi connectivity index (χ3n) is 3.54. The number of carbonyl (C=O) groups excluding carboxylic acids is 1. The van der Waals surface area contributed by atoms with Crippen molar-refractivity contribution >= 4 is 28.0 Å². The lowest BCUT2D eigenvalue weighted by atomic mass is 10.1. The van der Waals surface area contributed by atoms with Gasteiger partial charge in [-0.3, -0.25) is 9.11 Å². The van der Waals surface area contributed by atoms with Crippen molar-refractivity contribution in [3.63, 3.8) is 0 Å².